The van der Waals surface area contributed by atoms with Crippen LogP contribution in [0.25, 0.3) is 11.3 Å². The van der Waals surface area contributed by atoms with Crippen molar-refractivity contribution in [2.45, 2.75) is 25.1 Å². The molecule has 0 bridgehead atoms. The fraction of sp³-hybridized carbons (Fsp3) is 0.474. The maximum absolute atomic E-state index is 13.6. The van der Waals surface area contributed by atoms with E-state index in [0.717, 1.165) is 32.0 Å². The van der Waals surface area contributed by atoms with E-state index in [1.165, 1.54) is 0 Å². The summed E-state index contributed by atoms with van der Waals surface area (Å²) in [5, 5.41) is 10.9. The molecule has 0 amide bonds. The minimum Gasteiger partial charge on any atom is -0.383 e. The minimum atomic E-state index is -4.51. The van der Waals surface area contributed by atoms with E-state index in [1.54, 1.807) is 37.4 Å². The Morgan fingerprint density at radius 1 is 1.22 bits per heavy atom. The number of nitrogens with one attached hydrogen (secondary N) is 1. The summed E-state index contributed by atoms with van der Waals surface area (Å²) in [4.78, 5) is 2.18. The van der Waals surface area contributed by atoms with Crippen LogP contribution in [0.5, 0.6) is 0 Å². The van der Waals surface area contributed by atoms with Gasteiger partial charge in [0, 0.05) is 31.8 Å². The number of likely N-dealkylation sites (tertiary alicyclic amines) is 1. The van der Waals surface area contributed by atoms with Crippen LogP contribution < -0.4 is 5.32 Å². The van der Waals surface area contributed by atoms with Crippen LogP contribution in [0.1, 0.15) is 18.4 Å². The maximum Gasteiger partial charge on any atom is 0.420 e. The van der Waals surface area contributed by atoms with Crippen LogP contribution in [0, 0.1) is 0 Å². The molecule has 0 radical (unpaired) electrons. The molecular weight excluding hydrogens is 357 g/mol. The Labute approximate surface area is 156 Å². The molecule has 1 aliphatic rings. The van der Waals surface area contributed by atoms with Crippen LogP contribution in [0.15, 0.2) is 36.4 Å². The zero-order chi connectivity index (χ0) is 19.3. The van der Waals surface area contributed by atoms with Gasteiger partial charge in [0.2, 0.25) is 0 Å². The van der Waals surface area contributed by atoms with Crippen molar-refractivity contribution in [2.75, 3.05) is 38.7 Å². The van der Waals surface area contributed by atoms with Crippen molar-refractivity contribution in [3.8, 4) is 11.3 Å². The van der Waals surface area contributed by atoms with Gasteiger partial charge in [0.15, 0.2) is 5.82 Å². The van der Waals surface area contributed by atoms with Crippen LogP contribution in [0.4, 0.5) is 19.0 Å². The standard InChI is InChI=1S/C19H23F3N4O/c1-27-11-10-26-9-5-8-15(13-26)23-18-16(19(20,21)22)12-17(24-25-18)14-6-3-2-4-7-14/h2-4,6-7,12,15H,5,8-11,13H2,1H3,(H,23,25). The monoisotopic (exact) mass is 380 g/mol. The average Bonchev–Trinajstić information content (AvgIpc) is 2.67. The topological polar surface area (TPSA) is 50.3 Å². The predicted octanol–water partition coefficient (Wildman–Crippen LogP) is 3.69. The molecule has 146 valence electrons. The van der Waals surface area contributed by atoms with Crippen LogP contribution in [-0.2, 0) is 10.9 Å². The molecule has 1 N–H and O–H groups in total. The summed E-state index contributed by atoms with van der Waals surface area (Å²) in [5.74, 6) is -0.208. The third-order valence-corrected chi connectivity index (χ3v) is 4.63. The molecule has 27 heavy (non-hydrogen) atoms. The molecule has 1 saturated heterocycles. The molecule has 0 spiro atoms. The number of nitrogens with zero attached hydrogens (tertiary/aromatic N) is 3. The van der Waals surface area contributed by atoms with E-state index >= 15 is 0 Å². The molecule has 2 heterocycles. The molecule has 1 unspecified atom stereocenters. The number of ether oxygens (including phenoxy) is 1. The summed E-state index contributed by atoms with van der Waals surface area (Å²) in [6, 6.07) is 9.71. The Balaban J connectivity index is 1.80. The van der Waals surface area contributed by atoms with E-state index in [1.807, 2.05) is 0 Å². The highest BCUT2D eigenvalue weighted by Gasteiger charge is 2.36. The van der Waals surface area contributed by atoms with E-state index in [2.05, 4.69) is 20.4 Å². The summed E-state index contributed by atoms with van der Waals surface area (Å²) >= 11 is 0. The Morgan fingerprint density at radius 3 is 2.70 bits per heavy atom. The third-order valence-electron chi connectivity index (χ3n) is 4.63. The van der Waals surface area contributed by atoms with E-state index in [0.29, 0.717) is 18.7 Å². The van der Waals surface area contributed by atoms with Crippen molar-refractivity contribution < 1.29 is 17.9 Å². The van der Waals surface area contributed by atoms with Gasteiger partial charge >= 0.3 is 6.18 Å². The summed E-state index contributed by atoms with van der Waals surface area (Å²) < 4.78 is 45.9. The summed E-state index contributed by atoms with van der Waals surface area (Å²) in [6.45, 7) is 2.95. The fourth-order valence-corrected chi connectivity index (χ4v) is 3.25. The number of piperidine rings is 1. The number of benzene rings is 1. The number of hydrogen-bond acceptors (Lipinski definition) is 5. The zero-order valence-electron chi connectivity index (χ0n) is 15.2. The van der Waals surface area contributed by atoms with Crippen molar-refractivity contribution in [3.05, 3.63) is 42.0 Å². The highest BCUT2D eigenvalue weighted by Crippen LogP contribution is 2.36. The second-order valence-electron chi connectivity index (χ2n) is 6.63. The van der Waals surface area contributed by atoms with Crippen molar-refractivity contribution in [1.29, 1.82) is 0 Å². The summed E-state index contributed by atoms with van der Waals surface area (Å²) in [6.07, 6.45) is -2.80. The fourth-order valence-electron chi connectivity index (χ4n) is 3.25. The van der Waals surface area contributed by atoms with Gasteiger partial charge in [0.05, 0.1) is 12.3 Å². The Morgan fingerprint density at radius 2 is 2.00 bits per heavy atom. The number of hydrogen-bond donors (Lipinski definition) is 1. The van der Waals surface area contributed by atoms with Crippen molar-refractivity contribution in [1.82, 2.24) is 15.1 Å². The second kappa shape index (κ2) is 8.67. The van der Waals surface area contributed by atoms with Crippen LogP contribution in [0.3, 0.4) is 0 Å². The molecule has 1 aromatic heterocycles. The molecular formula is C19H23F3N4O. The SMILES string of the molecule is COCCN1CCCC(Nc2nnc(-c3ccccc3)cc2C(F)(F)F)C1. The van der Waals surface area contributed by atoms with Gasteiger partial charge < -0.3 is 10.1 Å². The molecule has 0 saturated carbocycles. The number of alkyl halides is 3. The molecule has 3 rings (SSSR count). The van der Waals surface area contributed by atoms with Crippen molar-refractivity contribution in [2.24, 2.45) is 0 Å². The summed E-state index contributed by atoms with van der Waals surface area (Å²) in [5.41, 5.74) is 0.0228. The van der Waals surface area contributed by atoms with Gasteiger partial charge in [0.25, 0.3) is 0 Å². The third kappa shape index (κ3) is 5.17. The van der Waals surface area contributed by atoms with Crippen LogP contribution in [0.2, 0.25) is 0 Å². The van der Waals surface area contributed by atoms with E-state index in [-0.39, 0.29) is 17.6 Å². The van der Waals surface area contributed by atoms with Crippen LogP contribution in [-0.4, -0.2) is 54.5 Å². The molecule has 1 aromatic carbocycles. The molecule has 1 atom stereocenters. The van der Waals surface area contributed by atoms with Gasteiger partial charge in [-0.3, -0.25) is 4.90 Å². The van der Waals surface area contributed by atoms with E-state index in [4.69, 9.17) is 4.74 Å². The van der Waals surface area contributed by atoms with Gasteiger partial charge in [-0.05, 0) is 25.5 Å². The van der Waals surface area contributed by atoms with Gasteiger partial charge in [-0.25, -0.2) is 0 Å². The van der Waals surface area contributed by atoms with Gasteiger partial charge in [-0.2, -0.15) is 13.2 Å². The zero-order valence-corrected chi connectivity index (χ0v) is 15.2. The lowest BCUT2D eigenvalue weighted by molar-refractivity contribution is -0.137. The Hall–Kier alpha value is -2.19. The summed E-state index contributed by atoms with van der Waals surface area (Å²) in [7, 11) is 1.64. The van der Waals surface area contributed by atoms with E-state index in [9.17, 15) is 13.2 Å². The lowest BCUT2D eigenvalue weighted by Gasteiger charge is -2.33. The molecule has 1 aliphatic heterocycles. The highest BCUT2D eigenvalue weighted by atomic mass is 19.4. The lowest BCUT2D eigenvalue weighted by Crippen LogP contribution is -2.43. The molecule has 5 nitrogen and oxygen atoms in total. The smallest absolute Gasteiger partial charge is 0.383 e. The molecule has 1 fully saturated rings. The number of anilines is 1. The highest BCUT2D eigenvalue weighted by molar-refractivity contribution is 5.62. The molecule has 2 aromatic rings. The Kier molecular flexibility index (Phi) is 6.28. The van der Waals surface area contributed by atoms with Gasteiger partial charge in [-0.15, -0.1) is 10.2 Å². The number of halogens is 3. The Bertz CT molecular complexity index is 739. The normalized spacial score (nSPS) is 18.4. The second-order valence-corrected chi connectivity index (χ2v) is 6.63. The average molecular weight is 380 g/mol. The number of aromatic nitrogens is 2. The van der Waals surface area contributed by atoms with Crippen molar-refractivity contribution in [3.63, 3.8) is 0 Å². The van der Waals surface area contributed by atoms with Crippen molar-refractivity contribution >= 4 is 5.82 Å². The maximum atomic E-state index is 13.6. The molecule has 8 heteroatoms. The first-order chi connectivity index (χ1) is 13.0. The minimum absolute atomic E-state index is 0.103. The first-order valence-corrected chi connectivity index (χ1v) is 8.95. The first kappa shape index (κ1) is 19.6. The largest absolute Gasteiger partial charge is 0.420 e. The predicted molar refractivity (Wildman–Crippen MR) is 97.4 cm³/mol. The molecule has 0 aliphatic carbocycles. The number of methoxy groups -OCH3 is 1. The van der Waals surface area contributed by atoms with E-state index < -0.39 is 11.7 Å². The quantitative estimate of drug-likeness (QED) is 0.828. The first-order valence-electron chi connectivity index (χ1n) is 8.95. The van der Waals surface area contributed by atoms with Crippen LogP contribution >= 0.6 is 0 Å². The lowest BCUT2D eigenvalue weighted by atomic mass is 10.0. The van der Waals surface area contributed by atoms with Gasteiger partial charge in [0.1, 0.15) is 5.56 Å². The number of rotatable bonds is 6. The van der Waals surface area contributed by atoms with Gasteiger partial charge in [-0.1, -0.05) is 30.3 Å².